The number of anilines is 1. The second-order valence-electron chi connectivity index (χ2n) is 6.99. The highest BCUT2D eigenvalue weighted by Crippen LogP contribution is 2.65. The van der Waals surface area contributed by atoms with Crippen molar-refractivity contribution in [1.82, 2.24) is 0 Å². The maximum absolute atomic E-state index is 12.9. The molecular weight excluding hydrogens is 246 g/mol. The molecule has 0 spiro atoms. The molecule has 0 aromatic heterocycles. The van der Waals surface area contributed by atoms with Gasteiger partial charge in [-0.2, -0.15) is 0 Å². The summed E-state index contributed by atoms with van der Waals surface area (Å²) in [4.78, 5) is 12.9. The number of amides is 1. The van der Waals surface area contributed by atoms with Gasteiger partial charge in [-0.05, 0) is 49.1 Å². The minimum absolute atomic E-state index is 0.0985. The summed E-state index contributed by atoms with van der Waals surface area (Å²) in [5.74, 6) is 0.752. The van der Waals surface area contributed by atoms with Crippen LogP contribution in [0.15, 0.2) is 36.4 Å². The lowest BCUT2D eigenvalue weighted by Gasteiger charge is -2.37. The second-order valence-corrected chi connectivity index (χ2v) is 6.99. The number of carbonyl (C=O) groups is 1. The molecule has 0 unspecified atom stereocenters. The van der Waals surface area contributed by atoms with Crippen LogP contribution < -0.4 is 5.32 Å². The van der Waals surface area contributed by atoms with E-state index in [0.717, 1.165) is 36.1 Å². The van der Waals surface area contributed by atoms with Gasteiger partial charge in [-0.3, -0.25) is 4.79 Å². The maximum atomic E-state index is 12.9. The average Bonchev–Trinajstić information content (AvgIpc) is 2.93. The fourth-order valence-electron chi connectivity index (χ4n) is 4.10. The molecule has 2 bridgehead atoms. The number of aryl methyl sites for hydroxylation is 1. The highest BCUT2D eigenvalue weighted by Gasteiger charge is 2.60. The smallest absolute Gasteiger partial charge is 0.234 e. The van der Waals surface area contributed by atoms with E-state index in [2.05, 4.69) is 25.7 Å². The third kappa shape index (κ3) is 1.67. The van der Waals surface area contributed by atoms with E-state index in [1.54, 1.807) is 0 Å². The van der Waals surface area contributed by atoms with Crippen molar-refractivity contribution < 1.29 is 4.79 Å². The number of carbonyl (C=O) groups excluding carboxylic acids is 1. The summed E-state index contributed by atoms with van der Waals surface area (Å²) < 4.78 is 0. The van der Waals surface area contributed by atoms with E-state index >= 15 is 0 Å². The highest BCUT2D eigenvalue weighted by atomic mass is 16.2. The van der Waals surface area contributed by atoms with Gasteiger partial charge in [-0.1, -0.05) is 44.2 Å². The summed E-state index contributed by atoms with van der Waals surface area (Å²) in [6.45, 7) is 10.8. The van der Waals surface area contributed by atoms with E-state index in [4.69, 9.17) is 0 Å². The first kappa shape index (κ1) is 13.4. The average molecular weight is 269 g/mol. The molecule has 2 atom stereocenters. The lowest BCUT2D eigenvalue weighted by molar-refractivity contribution is -0.123. The van der Waals surface area contributed by atoms with Gasteiger partial charge in [0.05, 0.1) is 5.41 Å². The number of benzene rings is 1. The lowest BCUT2D eigenvalue weighted by atomic mass is 9.68. The Morgan fingerprint density at radius 1 is 1.35 bits per heavy atom. The molecule has 1 aromatic rings. The van der Waals surface area contributed by atoms with Crippen molar-refractivity contribution in [3.8, 4) is 0 Å². The third-order valence-corrected chi connectivity index (χ3v) is 5.72. The van der Waals surface area contributed by atoms with E-state index in [1.165, 1.54) is 0 Å². The first-order chi connectivity index (χ1) is 9.38. The van der Waals surface area contributed by atoms with Crippen LogP contribution in [0.3, 0.4) is 0 Å². The number of para-hydroxylation sites is 1. The summed E-state index contributed by atoms with van der Waals surface area (Å²) in [7, 11) is 0. The minimum atomic E-state index is -0.337. The maximum Gasteiger partial charge on any atom is 0.234 e. The molecule has 0 aliphatic heterocycles. The predicted octanol–water partition coefficient (Wildman–Crippen LogP) is 4.32. The molecule has 2 fully saturated rings. The van der Waals surface area contributed by atoms with Crippen LogP contribution in [0.4, 0.5) is 5.69 Å². The van der Waals surface area contributed by atoms with Crippen LogP contribution in [0, 0.1) is 23.7 Å². The minimum Gasteiger partial charge on any atom is -0.325 e. The largest absolute Gasteiger partial charge is 0.325 e. The van der Waals surface area contributed by atoms with Gasteiger partial charge in [0.2, 0.25) is 5.91 Å². The molecule has 2 saturated carbocycles. The molecule has 2 heteroatoms. The van der Waals surface area contributed by atoms with Crippen molar-refractivity contribution in [2.24, 2.45) is 16.7 Å². The van der Waals surface area contributed by atoms with Gasteiger partial charge in [0, 0.05) is 5.69 Å². The van der Waals surface area contributed by atoms with E-state index in [-0.39, 0.29) is 16.7 Å². The van der Waals surface area contributed by atoms with E-state index in [9.17, 15) is 4.79 Å². The van der Waals surface area contributed by atoms with Crippen LogP contribution in [0.2, 0.25) is 0 Å². The molecule has 1 amide bonds. The van der Waals surface area contributed by atoms with Gasteiger partial charge in [0.1, 0.15) is 0 Å². The van der Waals surface area contributed by atoms with Crippen molar-refractivity contribution in [3.63, 3.8) is 0 Å². The van der Waals surface area contributed by atoms with Crippen LogP contribution in [0.5, 0.6) is 0 Å². The quantitative estimate of drug-likeness (QED) is 0.796. The molecule has 2 aliphatic carbocycles. The van der Waals surface area contributed by atoms with Gasteiger partial charge in [0.25, 0.3) is 0 Å². The Kier molecular flexibility index (Phi) is 2.82. The summed E-state index contributed by atoms with van der Waals surface area (Å²) in [5, 5.41) is 3.14. The van der Waals surface area contributed by atoms with Gasteiger partial charge in [-0.15, -0.1) is 0 Å². The Labute approximate surface area is 121 Å². The molecule has 20 heavy (non-hydrogen) atoms. The molecule has 2 nitrogen and oxygen atoms in total. The van der Waals surface area contributed by atoms with Crippen molar-refractivity contribution in [1.29, 1.82) is 0 Å². The summed E-state index contributed by atoms with van der Waals surface area (Å²) >= 11 is 0. The summed E-state index contributed by atoms with van der Waals surface area (Å²) in [5.41, 5.74) is 2.92. The molecule has 0 heterocycles. The zero-order valence-corrected chi connectivity index (χ0v) is 12.6. The highest BCUT2D eigenvalue weighted by molar-refractivity contribution is 5.99. The molecule has 3 rings (SSSR count). The molecular formula is C18H23NO. The third-order valence-electron chi connectivity index (χ3n) is 5.72. The number of rotatable bonds is 2. The van der Waals surface area contributed by atoms with Crippen LogP contribution in [-0.2, 0) is 4.79 Å². The van der Waals surface area contributed by atoms with Crippen LogP contribution in [0.1, 0.15) is 38.7 Å². The fraction of sp³-hybridized carbons (Fsp3) is 0.500. The monoisotopic (exact) mass is 269 g/mol. The normalized spacial score (nSPS) is 30.6. The van der Waals surface area contributed by atoms with Crippen molar-refractivity contribution >= 4 is 11.6 Å². The Morgan fingerprint density at radius 2 is 2.05 bits per heavy atom. The van der Waals surface area contributed by atoms with Crippen molar-refractivity contribution in [3.05, 3.63) is 42.0 Å². The predicted molar refractivity (Wildman–Crippen MR) is 82.5 cm³/mol. The second kappa shape index (κ2) is 4.21. The SMILES string of the molecule is C=C1C(C)(C)[C@H]2CC[C@@]1(C(=O)Nc1ccccc1C)C2. The van der Waals surface area contributed by atoms with Gasteiger partial charge in [0.15, 0.2) is 0 Å². The van der Waals surface area contributed by atoms with Crippen LogP contribution in [0.25, 0.3) is 0 Å². The van der Waals surface area contributed by atoms with Crippen LogP contribution in [-0.4, -0.2) is 5.91 Å². The number of nitrogens with one attached hydrogen (secondary N) is 1. The van der Waals surface area contributed by atoms with Crippen molar-refractivity contribution in [2.75, 3.05) is 5.32 Å². The molecule has 106 valence electrons. The number of fused-ring (bicyclic) bond motifs is 2. The number of hydrogen-bond donors (Lipinski definition) is 1. The Morgan fingerprint density at radius 3 is 2.65 bits per heavy atom. The van der Waals surface area contributed by atoms with E-state index in [0.29, 0.717) is 5.92 Å². The fourth-order valence-corrected chi connectivity index (χ4v) is 4.10. The Hall–Kier alpha value is -1.57. The van der Waals surface area contributed by atoms with Crippen molar-refractivity contribution in [2.45, 2.75) is 40.0 Å². The Bertz CT molecular complexity index is 587. The zero-order valence-electron chi connectivity index (χ0n) is 12.6. The molecule has 1 aromatic carbocycles. The molecule has 0 saturated heterocycles. The van der Waals surface area contributed by atoms with E-state index < -0.39 is 0 Å². The van der Waals surface area contributed by atoms with E-state index in [1.807, 2.05) is 31.2 Å². The summed E-state index contributed by atoms with van der Waals surface area (Å²) in [6.07, 6.45) is 3.07. The zero-order chi connectivity index (χ0) is 14.5. The number of hydrogen-bond acceptors (Lipinski definition) is 1. The topological polar surface area (TPSA) is 29.1 Å². The summed E-state index contributed by atoms with van der Waals surface area (Å²) in [6, 6.07) is 7.95. The van der Waals surface area contributed by atoms with Gasteiger partial charge in [-0.25, -0.2) is 0 Å². The first-order valence-electron chi connectivity index (χ1n) is 7.45. The molecule has 0 radical (unpaired) electrons. The van der Waals surface area contributed by atoms with Gasteiger partial charge < -0.3 is 5.32 Å². The Balaban J connectivity index is 1.89. The first-order valence-corrected chi connectivity index (χ1v) is 7.45. The standard InChI is InChI=1S/C18H23NO/c1-12-7-5-6-8-15(12)19-16(20)18-10-9-14(11-18)17(3,4)13(18)2/h5-8,14H,2,9-11H2,1,3-4H3,(H,19,20)/t14-,18+/m0/s1. The lowest BCUT2D eigenvalue weighted by Crippen LogP contribution is -2.37. The molecule has 1 N–H and O–H groups in total. The van der Waals surface area contributed by atoms with Gasteiger partial charge >= 0.3 is 0 Å². The van der Waals surface area contributed by atoms with Crippen LogP contribution >= 0.6 is 0 Å². The molecule has 2 aliphatic rings.